The summed E-state index contributed by atoms with van der Waals surface area (Å²) in [6.07, 6.45) is 1.50. The lowest BCUT2D eigenvalue weighted by atomic mass is 10.1. The molecule has 11 heteroatoms. The topological polar surface area (TPSA) is 46.5 Å². The van der Waals surface area contributed by atoms with Crippen molar-refractivity contribution in [2.24, 2.45) is 0 Å². The number of unbranched alkanes of at least 4 members (excludes halogenated alkanes) is 5. The lowest BCUT2D eigenvalue weighted by Gasteiger charge is -2.47. The van der Waals surface area contributed by atoms with Crippen molar-refractivity contribution in [1.82, 2.24) is 0 Å². The summed E-state index contributed by atoms with van der Waals surface area (Å²) in [4.78, 5) is 11.9. The summed E-state index contributed by atoms with van der Waals surface area (Å²) >= 11 is 11.4. The Morgan fingerprint density at radius 1 is 1.04 bits per heavy atom. The summed E-state index contributed by atoms with van der Waals surface area (Å²) in [6.45, 7) is 1.55. The van der Waals surface area contributed by atoms with E-state index in [4.69, 9.17) is 23.2 Å². The van der Waals surface area contributed by atoms with Gasteiger partial charge in [-0.15, -0.1) is 0 Å². The molecule has 0 aromatic heterocycles. The van der Waals surface area contributed by atoms with Gasteiger partial charge >= 0.3 is 16.2 Å². The van der Waals surface area contributed by atoms with Crippen molar-refractivity contribution in [3.05, 3.63) is 33.8 Å². The first kappa shape index (κ1) is 25.3. The van der Waals surface area contributed by atoms with Crippen molar-refractivity contribution < 1.29 is 34.1 Å². The second-order valence-electron chi connectivity index (χ2n) is 6.46. The highest BCUT2D eigenvalue weighted by atomic mass is 35.5. The first-order valence-electron chi connectivity index (χ1n) is 8.70. The van der Waals surface area contributed by atoms with E-state index in [1.54, 1.807) is 0 Å². The number of carbonyl (C=O) groups excluding carboxylic acids is 1. The van der Waals surface area contributed by atoms with Crippen LogP contribution in [0.5, 0.6) is 0 Å². The lowest BCUT2D eigenvalue weighted by molar-refractivity contribution is -0.146. The Balaban J connectivity index is 2.98. The summed E-state index contributed by atoms with van der Waals surface area (Å²) in [5, 5.41) is 5.01. The summed E-state index contributed by atoms with van der Waals surface area (Å²) in [5.74, 6) is -2.25. The molecule has 164 valence electrons. The Kier molecular flexibility index (Phi) is 8.06. The number of hydrogen-bond donors (Lipinski definition) is 1. The van der Waals surface area contributed by atoms with Crippen LogP contribution >= 0.6 is 33.4 Å². The standard InChI is InChI=1S/C17H23Cl2F5O3S/c1-2-3-4-5-6-7-11-27-17(26)16(28(20,21,22,23)24)15(25)14-12(18)9-8-10-13(14)19/h8-10,15-16,25H,2-7,11H2,1H3/t15-,16-/m0/s1. The first-order valence-corrected chi connectivity index (χ1v) is 11.5. The fourth-order valence-corrected chi connectivity index (χ4v) is 4.31. The molecule has 0 unspecified atom stereocenters. The van der Waals surface area contributed by atoms with Gasteiger partial charge < -0.3 is 9.84 Å². The van der Waals surface area contributed by atoms with Crippen molar-refractivity contribution in [2.45, 2.75) is 56.8 Å². The molecule has 0 saturated carbocycles. The van der Waals surface area contributed by atoms with Crippen molar-refractivity contribution in [3.8, 4) is 0 Å². The van der Waals surface area contributed by atoms with Gasteiger partial charge in [0.25, 0.3) is 0 Å². The molecule has 1 N–H and O–H groups in total. The Morgan fingerprint density at radius 2 is 1.54 bits per heavy atom. The molecule has 28 heavy (non-hydrogen) atoms. The number of esters is 1. The summed E-state index contributed by atoms with van der Waals surface area (Å²) < 4.78 is 71.9. The molecule has 0 fully saturated rings. The van der Waals surface area contributed by atoms with Gasteiger partial charge in [-0.1, -0.05) is 87.7 Å². The zero-order valence-corrected chi connectivity index (χ0v) is 17.5. The minimum Gasteiger partial charge on any atom is -0.465 e. The van der Waals surface area contributed by atoms with Crippen molar-refractivity contribution >= 4 is 39.4 Å². The number of aliphatic hydroxyl groups excluding tert-OH is 1. The third-order valence-electron chi connectivity index (χ3n) is 4.04. The number of ether oxygens (including phenoxy) is 1. The highest BCUT2D eigenvalue weighted by molar-refractivity contribution is 8.46. The van der Waals surface area contributed by atoms with E-state index in [0.717, 1.165) is 37.8 Å². The number of halogens is 7. The molecule has 0 aliphatic carbocycles. The van der Waals surface area contributed by atoms with E-state index in [2.05, 4.69) is 4.74 Å². The van der Waals surface area contributed by atoms with E-state index in [0.29, 0.717) is 6.42 Å². The van der Waals surface area contributed by atoms with E-state index >= 15 is 0 Å². The van der Waals surface area contributed by atoms with Gasteiger partial charge in [-0.05, 0) is 18.6 Å². The molecule has 0 aliphatic heterocycles. The van der Waals surface area contributed by atoms with Gasteiger partial charge in [0.1, 0.15) is 6.10 Å². The molecule has 2 atom stereocenters. The van der Waals surface area contributed by atoms with Crippen molar-refractivity contribution in [1.29, 1.82) is 0 Å². The van der Waals surface area contributed by atoms with E-state index < -0.39 is 49.8 Å². The van der Waals surface area contributed by atoms with Crippen LogP contribution in [0.15, 0.2) is 18.2 Å². The minimum atomic E-state index is -10.5. The first-order chi connectivity index (χ1) is 12.7. The predicted molar refractivity (Wildman–Crippen MR) is 103 cm³/mol. The maximum absolute atomic E-state index is 13.5. The van der Waals surface area contributed by atoms with Gasteiger partial charge in [0.15, 0.2) is 0 Å². The largest absolute Gasteiger partial charge is 0.465 e. The van der Waals surface area contributed by atoms with Crippen LogP contribution in [0, 0.1) is 0 Å². The molecule has 0 saturated heterocycles. The van der Waals surface area contributed by atoms with Crippen LogP contribution in [-0.4, -0.2) is 22.9 Å². The maximum Gasteiger partial charge on any atom is 0.331 e. The predicted octanol–water partition coefficient (Wildman–Crippen LogP) is 7.60. The fourth-order valence-electron chi connectivity index (χ4n) is 2.64. The monoisotopic (exact) mass is 472 g/mol. The molecule has 1 aromatic rings. The van der Waals surface area contributed by atoms with Crippen LogP contribution in [0.25, 0.3) is 0 Å². The highest BCUT2D eigenvalue weighted by Crippen LogP contribution is 3.01. The van der Waals surface area contributed by atoms with E-state index in [9.17, 15) is 29.3 Å². The molecular formula is C17H23Cl2F5O3S. The Bertz CT molecular complexity index is 665. The van der Waals surface area contributed by atoms with Crippen LogP contribution in [-0.2, 0) is 9.53 Å². The van der Waals surface area contributed by atoms with Crippen LogP contribution in [0.2, 0.25) is 10.0 Å². The summed E-state index contributed by atoms with van der Waals surface area (Å²) in [5.41, 5.74) is -0.805. The molecule has 0 aliphatic rings. The Morgan fingerprint density at radius 3 is 2.04 bits per heavy atom. The van der Waals surface area contributed by atoms with Gasteiger partial charge in [-0.2, -0.15) is 0 Å². The third-order valence-corrected chi connectivity index (χ3v) is 6.11. The van der Waals surface area contributed by atoms with Crippen molar-refractivity contribution in [2.75, 3.05) is 6.61 Å². The Labute approximate surface area is 170 Å². The molecule has 0 heterocycles. The second-order valence-corrected chi connectivity index (χ2v) is 9.84. The molecule has 1 aromatic carbocycles. The van der Waals surface area contributed by atoms with E-state index in [1.165, 1.54) is 6.07 Å². The van der Waals surface area contributed by atoms with Gasteiger partial charge in [-0.25, -0.2) is 0 Å². The number of benzene rings is 1. The molecule has 0 amide bonds. The maximum atomic E-state index is 13.5. The van der Waals surface area contributed by atoms with Gasteiger partial charge in [0.2, 0.25) is 5.25 Å². The number of rotatable bonds is 11. The highest BCUT2D eigenvalue weighted by Gasteiger charge is 2.76. The fraction of sp³-hybridized carbons (Fsp3) is 0.588. The average molecular weight is 473 g/mol. The SMILES string of the molecule is CCCCCCCCOC(=O)[C@H]([C@@H](O)c1c(Cl)cccc1Cl)S(F)(F)(F)(F)F. The zero-order valence-electron chi connectivity index (χ0n) is 15.2. The van der Waals surface area contributed by atoms with E-state index in [1.807, 2.05) is 6.92 Å². The number of hydrogen-bond acceptors (Lipinski definition) is 3. The van der Waals surface area contributed by atoms with E-state index in [-0.39, 0.29) is 6.42 Å². The van der Waals surface area contributed by atoms with Gasteiger partial charge in [-0.3, -0.25) is 4.79 Å². The average Bonchev–Trinajstić information content (AvgIpc) is 2.51. The van der Waals surface area contributed by atoms with Gasteiger partial charge in [0.05, 0.1) is 6.61 Å². The summed E-state index contributed by atoms with van der Waals surface area (Å²) in [7, 11) is -10.5. The van der Waals surface area contributed by atoms with Crippen LogP contribution in [0.1, 0.15) is 57.1 Å². The van der Waals surface area contributed by atoms with Crippen molar-refractivity contribution in [3.63, 3.8) is 0 Å². The normalized spacial score (nSPS) is 16.8. The molecule has 0 bridgehead atoms. The number of carbonyl (C=O) groups is 1. The molecule has 1 rings (SSSR count). The molecule has 3 nitrogen and oxygen atoms in total. The Hall–Kier alpha value is -0.770. The van der Waals surface area contributed by atoms with Crippen LogP contribution in [0.4, 0.5) is 19.4 Å². The molecular weight excluding hydrogens is 450 g/mol. The number of aliphatic hydroxyl groups is 1. The lowest BCUT2D eigenvalue weighted by Crippen LogP contribution is -2.40. The quantitative estimate of drug-likeness (QED) is 0.205. The zero-order chi connectivity index (χ0) is 21.7. The third kappa shape index (κ3) is 7.57. The van der Waals surface area contributed by atoms with Crippen LogP contribution < -0.4 is 0 Å². The summed E-state index contributed by atoms with van der Waals surface area (Å²) in [6, 6.07) is 3.39. The molecule has 0 spiro atoms. The second kappa shape index (κ2) is 8.93. The minimum absolute atomic E-state index is 0.228. The van der Waals surface area contributed by atoms with Crippen LogP contribution in [0.3, 0.4) is 0 Å². The smallest absolute Gasteiger partial charge is 0.331 e. The molecule has 0 radical (unpaired) electrons. The van der Waals surface area contributed by atoms with Gasteiger partial charge in [0, 0.05) is 15.6 Å².